The SMILES string of the molecule is C/C=C1\C=C[C@@H]2NCC[C@H]3O[C@@]123. The van der Waals surface area contributed by atoms with Gasteiger partial charge in [-0.3, -0.25) is 0 Å². The molecular formula is C10H13NO. The average molecular weight is 163 g/mol. The fourth-order valence-corrected chi connectivity index (χ4v) is 2.57. The average Bonchev–Trinajstić information content (AvgIpc) is 2.72. The Labute approximate surface area is 72.3 Å². The van der Waals surface area contributed by atoms with E-state index in [-0.39, 0.29) is 5.60 Å². The normalized spacial score (nSPS) is 52.2. The van der Waals surface area contributed by atoms with Crippen LogP contribution < -0.4 is 5.32 Å². The first-order valence-corrected chi connectivity index (χ1v) is 4.64. The van der Waals surface area contributed by atoms with Gasteiger partial charge in [-0.25, -0.2) is 0 Å². The van der Waals surface area contributed by atoms with E-state index in [0.29, 0.717) is 12.1 Å². The lowest BCUT2D eigenvalue weighted by atomic mass is 9.89. The highest BCUT2D eigenvalue weighted by Gasteiger charge is 2.65. The molecule has 3 aliphatic rings. The van der Waals surface area contributed by atoms with E-state index >= 15 is 0 Å². The molecule has 0 unspecified atom stereocenters. The highest BCUT2D eigenvalue weighted by molar-refractivity contribution is 5.48. The van der Waals surface area contributed by atoms with Gasteiger partial charge in [0, 0.05) is 0 Å². The van der Waals surface area contributed by atoms with Gasteiger partial charge in [0.25, 0.3) is 0 Å². The van der Waals surface area contributed by atoms with Crippen molar-refractivity contribution < 1.29 is 4.74 Å². The van der Waals surface area contributed by atoms with Crippen LogP contribution in [0.2, 0.25) is 0 Å². The van der Waals surface area contributed by atoms with Crippen LogP contribution in [-0.2, 0) is 4.74 Å². The highest BCUT2D eigenvalue weighted by atomic mass is 16.6. The molecule has 12 heavy (non-hydrogen) atoms. The molecule has 0 aromatic rings. The molecule has 3 atom stereocenters. The number of hydrogen-bond donors (Lipinski definition) is 1. The molecule has 2 aliphatic heterocycles. The van der Waals surface area contributed by atoms with Crippen molar-refractivity contribution in [3.63, 3.8) is 0 Å². The summed E-state index contributed by atoms with van der Waals surface area (Å²) >= 11 is 0. The van der Waals surface area contributed by atoms with Gasteiger partial charge in [0.15, 0.2) is 0 Å². The fraction of sp³-hybridized carbons (Fsp3) is 0.600. The van der Waals surface area contributed by atoms with Crippen LogP contribution in [0.5, 0.6) is 0 Å². The van der Waals surface area contributed by atoms with Crippen molar-refractivity contribution in [1.29, 1.82) is 0 Å². The van der Waals surface area contributed by atoms with Crippen LogP contribution in [0.1, 0.15) is 13.3 Å². The Balaban J connectivity index is 2.02. The lowest BCUT2D eigenvalue weighted by molar-refractivity contribution is 0.312. The first-order valence-electron chi connectivity index (χ1n) is 4.64. The van der Waals surface area contributed by atoms with E-state index in [2.05, 4.69) is 30.5 Å². The summed E-state index contributed by atoms with van der Waals surface area (Å²) in [6.45, 7) is 3.18. The molecule has 2 fully saturated rings. The number of piperidine rings is 1. The second kappa shape index (κ2) is 2.01. The highest BCUT2D eigenvalue weighted by Crippen LogP contribution is 2.53. The van der Waals surface area contributed by atoms with Gasteiger partial charge >= 0.3 is 0 Å². The van der Waals surface area contributed by atoms with Crippen LogP contribution in [0, 0.1) is 0 Å². The molecular weight excluding hydrogens is 150 g/mol. The molecule has 0 aromatic carbocycles. The molecule has 0 radical (unpaired) electrons. The number of nitrogens with one attached hydrogen (secondary N) is 1. The predicted molar refractivity (Wildman–Crippen MR) is 46.9 cm³/mol. The molecule has 0 saturated carbocycles. The Morgan fingerprint density at radius 2 is 2.67 bits per heavy atom. The van der Waals surface area contributed by atoms with Crippen LogP contribution in [0.25, 0.3) is 0 Å². The molecule has 64 valence electrons. The minimum absolute atomic E-state index is 0.0625. The maximum Gasteiger partial charge on any atom is 0.138 e. The molecule has 2 saturated heterocycles. The first-order chi connectivity index (χ1) is 5.88. The predicted octanol–water partition coefficient (Wildman–Crippen LogP) is 1.00. The second-order valence-electron chi connectivity index (χ2n) is 3.72. The van der Waals surface area contributed by atoms with Crippen LogP contribution >= 0.6 is 0 Å². The van der Waals surface area contributed by atoms with Gasteiger partial charge in [-0.1, -0.05) is 18.2 Å². The first kappa shape index (κ1) is 6.87. The number of hydrogen-bond acceptors (Lipinski definition) is 2. The zero-order valence-electron chi connectivity index (χ0n) is 7.21. The molecule has 2 heterocycles. The molecule has 1 spiro atoms. The fourth-order valence-electron chi connectivity index (χ4n) is 2.57. The largest absolute Gasteiger partial charge is 0.359 e. The maximum absolute atomic E-state index is 5.80. The number of ether oxygens (including phenoxy) is 1. The third kappa shape index (κ3) is 0.595. The summed E-state index contributed by atoms with van der Waals surface area (Å²) in [5.74, 6) is 0. The van der Waals surface area contributed by atoms with Gasteiger partial charge in [-0.2, -0.15) is 0 Å². The lowest BCUT2D eigenvalue weighted by Gasteiger charge is -2.22. The van der Waals surface area contributed by atoms with Crippen LogP contribution in [-0.4, -0.2) is 24.3 Å². The van der Waals surface area contributed by atoms with Crippen molar-refractivity contribution in [3.05, 3.63) is 23.8 Å². The van der Waals surface area contributed by atoms with Gasteiger partial charge in [0.1, 0.15) is 5.60 Å². The van der Waals surface area contributed by atoms with E-state index < -0.39 is 0 Å². The Bertz CT molecular complexity index is 282. The van der Waals surface area contributed by atoms with Crippen LogP contribution in [0.4, 0.5) is 0 Å². The van der Waals surface area contributed by atoms with Gasteiger partial charge < -0.3 is 10.1 Å². The van der Waals surface area contributed by atoms with Gasteiger partial charge in [0.05, 0.1) is 12.1 Å². The molecule has 0 aromatic heterocycles. The zero-order valence-corrected chi connectivity index (χ0v) is 7.21. The van der Waals surface area contributed by atoms with E-state index in [0.717, 1.165) is 13.0 Å². The molecule has 2 heteroatoms. The smallest absolute Gasteiger partial charge is 0.138 e. The van der Waals surface area contributed by atoms with E-state index in [9.17, 15) is 0 Å². The Hall–Kier alpha value is -0.600. The number of rotatable bonds is 0. The summed E-state index contributed by atoms with van der Waals surface area (Å²) in [6, 6.07) is 0.447. The van der Waals surface area contributed by atoms with Gasteiger partial charge in [-0.15, -0.1) is 0 Å². The van der Waals surface area contributed by atoms with Crippen molar-refractivity contribution in [3.8, 4) is 0 Å². The third-order valence-corrected chi connectivity index (χ3v) is 3.22. The van der Waals surface area contributed by atoms with E-state index in [1.807, 2.05) is 0 Å². The summed E-state index contributed by atoms with van der Waals surface area (Å²) < 4.78 is 5.80. The third-order valence-electron chi connectivity index (χ3n) is 3.22. The van der Waals surface area contributed by atoms with Crippen molar-refractivity contribution in [1.82, 2.24) is 5.32 Å². The quantitative estimate of drug-likeness (QED) is 0.539. The molecule has 0 bridgehead atoms. The lowest BCUT2D eigenvalue weighted by Crippen LogP contribution is -2.45. The van der Waals surface area contributed by atoms with Crippen molar-refractivity contribution in [2.75, 3.05) is 6.54 Å². The molecule has 1 aliphatic carbocycles. The molecule has 1 N–H and O–H groups in total. The monoisotopic (exact) mass is 163 g/mol. The maximum atomic E-state index is 5.80. The molecule has 0 amide bonds. The van der Waals surface area contributed by atoms with E-state index in [1.165, 1.54) is 5.57 Å². The van der Waals surface area contributed by atoms with Gasteiger partial charge in [-0.05, 0) is 25.5 Å². The number of epoxide rings is 1. The summed E-state index contributed by atoms with van der Waals surface area (Å²) in [6.07, 6.45) is 8.25. The van der Waals surface area contributed by atoms with E-state index in [1.54, 1.807) is 0 Å². The van der Waals surface area contributed by atoms with Crippen LogP contribution in [0.15, 0.2) is 23.8 Å². The van der Waals surface area contributed by atoms with Crippen molar-refractivity contribution >= 4 is 0 Å². The second-order valence-corrected chi connectivity index (χ2v) is 3.72. The Morgan fingerprint density at radius 3 is 3.50 bits per heavy atom. The Morgan fingerprint density at radius 1 is 1.75 bits per heavy atom. The van der Waals surface area contributed by atoms with Crippen LogP contribution in [0.3, 0.4) is 0 Å². The van der Waals surface area contributed by atoms with Crippen molar-refractivity contribution in [2.24, 2.45) is 0 Å². The molecule has 2 nitrogen and oxygen atoms in total. The van der Waals surface area contributed by atoms with E-state index in [4.69, 9.17) is 4.74 Å². The summed E-state index contributed by atoms with van der Waals surface area (Å²) in [5, 5.41) is 3.47. The summed E-state index contributed by atoms with van der Waals surface area (Å²) in [4.78, 5) is 0. The van der Waals surface area contributed by atoms with Gasteiger partial charge in [0.2, 0.25) is 0 Å². The number of allylic oxidation sites excluding steroid dienone is 1. The Kier molecular flexibility index (Phi) is 1.15. The standard InChI is InChI=1S/C10H13NO/c1-2-7-3-4-8-10(7)9(12-10)5-6-11-8/h2-4,8-9,11H,5-6H2,1H3/b7-2+/t8-,9+,10-/m0/s1. The minimum Gasteiger partial charge on any atom is -0.359 e. The summed E-state index contributed by atoms with van der Waals surface area (Å²) in [5.41, 5.74) is 1.43. The van der Waals surface area contributed by atoms with Crippen molar-refractivity contribution in [2.45, 2.75) is 31.1 Å². The summed E-state index contributed by atoms with van der Waals surface area (Å²) in [7, 11) is 0. The minimum atomic E-state index is 0.0625. The molecule has 3 rings (SSSR count). The zero-order chi connectivity index (χ0) is 8.18. The topological polar surface area (TPSA) is 24.6 Å².